The minimum absolute atomic E-state index is 0.0677. The molecule has 0 radical (unpaired) electrons. The quantitative estimate of drug-likeness (QED) is 0.269. The molecule has 9 nitrogen and oxygen atoms in total. The maximum absolute atomic E-state index is 14.0. The molecule has 41 heavy (non-hydrogen) atoms. The van der Waals surface area contributed by atoms with Crippen molar-refractivity contribution >= 4 is 28.6 Å². The zero-order chi connectivity index (χ0) is 28.3. The molecule has 0 saturated carbocycles. The van der Waals surface area contributed by atoms with Crippen molar-refractivity contribution in [1.29, 1.82) is 0 Å². The molecule has 2 saturated heterocycles. The third-order valence-corrected chi connectivity index (χ3v) is 7.71. The van der Waals surface area contributed by atoms with E-state index < -0.39 is 11.8 Å². The second kappa shape index (κ2) is 12.0. The summed E-state index contributed by atoms with van der Waals surface area (Å²) >= 11 is 5.76. The summed E-state index contributed by atoms with van der Waals surface area (Å²) in [5, 5.41) is 9.69. The molecular weight excluding hydrogens is 551 g/mol. The number of pyridine rings is 1. The Hall–Kier alpha value is -3.73. The van der Waals surface area contributed by atoms with E-state index in [4.69, 9.17) is 30.8 Å². The molecule has 2 aromatic carbocycles. The molecule has 2 fully saturated rings. The fraction of sp³-hybridized carbons (Fsp3) is 0.367. The number of piperidine rings is 1. The van der Waals surface area contributed by atoms with E-state index in [2.05, 4.69) is 14.5 Å². The summed E-state index contributed by atoms with van der Waals surface area (Å²) in [5.41, 5.74) is 2.71. The number of hydrogen-bond acceptors (Lipinski definition) is 7. The van der Waals surface area contributed by atoms with E-state index >= 15 is 0 Å². The standard InChI is InChI=1S/C30H30ClFN4O5/c31-21-14-25(32)29(33-15-21)40-18-19-2-1-3-23(12-19)41-22-6-9-35(10-7-22)17-28-34-26-5-4-20(30(37)38)13-27(26)36(28)16-24-8-11-39-24/h1-5,12-15,22,24H,6-11,16-18H2,(H,37,38)/t24-/m0/s1. The SMILES string of the molecule is O=C(O)c1ccc2nc(CN3CCC(Oc4cccc(COc5ncc(Cl)cc5F)c4)CC3)n(C[C@@H]3CCO3)c2c1. The van der Waals surface area contributed by atoms with Crippen molar-refractivity contribution in [3.63, 3.8) is 0 Å². The molecule has 2 aromatic heterocycles. The average molecular weight is 581 g/mol. The normalized spacial score (nSPS) is 17.9. The Morgan fingerprint density at radius 1 is 1.15 bits per heavy atom. The Morgan fingerprint density at radius 2 is 1.98 bits per heavy atom. The number of aromatic nitrogens is 3. The van der Waals surface area contributed by atoms with E-state index in [0.29, 0.717) is 13.1 Å². The lowest BCUT2D eigenvalue weighted by Crippen LogP contribution is -2.39. The topological polar surface area (TPSA) is 98.9 Å². The number of nitrogens with zero attached hydrogens (tertiary/aromatic N) is 4. The number of ether oxygens (including phenoxy) is 3. The van der Waals surface area contributed by atoms with Crippen molar-refractivity contribution < 1.29 is 28.5 Å². The minimum atomic E-state index is -0.950. The molecule has 0 aliphatic carbocycles. The van der Waals surface area contributed by atoms with Crippen LogP contribution in [0.4, 0.5) is 4.39 Å². The van der Waals surface area contributed by atoms with Crippen LogP contribution >= 0.6 is 11.6 Å². The number of rotatable bonds is 10. The van der Waals surface area contributed by atoms with Crippen LogP contribution in [0.15, 0.2) is 54.7 Å². The van der Waals surface area contributed by atoms with Crippen LogP contribution in [0.3, 0.4) is 0 Å². The summed E-state index contributed by atoms with van der Waals surface area (Å²) in [4.78, 5) is 22.7. The average Bonchev–Trinajstić information content (AvgIpc) is 3.27. The summed E-state index contributed by atoms with van der Waals surface area (Å²) in [7, 11) is 0. The van der Waals surface area contributed by atoms with E-state index in [1.54, 1.807) is 18.2 Å². The summed E-state index contributed by atoms with van der Waals surface area (Å²) in [6.45, 7) is 3.93. The summed E-state index contributed by atoms with van der Waals surface area (Å²) in [5.74, 6) is 0.00815. The van der Waals surface area contributed by atoms with Gasteiger partial charge in [-0.3, -0.25) is 4.90 Å². The highest BCUT2D eigenvalue weighted by Gasteiger charge is 2.26. The van der Waals surface area contributed by atoms with Crippen LogP contribution in [0.2, 0.25) is 5.02 Å². The molecular formula is C30H30ClFN4O5. The molecule has 214 valence electrons. The Bertz CT molecular complexity index is 1550. The first-order valence-corrected chi connectivity index (χ1v) is 14.0. The summed E-state index contributed by atoms with van der Waals surface area (Å²) < 4.78 is 33.6. The molecule has 11 heteroatoms. The van der Waals surface area contributed by atoms with Crippen LogP contribution in [0.25, 0.3) is 11.0 Å². The molecule has 4 heterocycles. The van der Waals surface area contributed by atoms with E-state index in [9.17, 15) is 14.3 Å². The molecule has 1 N–H and O–H groups in total. The van der Waals surface area contributed by atoms with Crippen LogP contribution in [-0.4, -0.2) is 62.4 Å². The smallest absolute Gasteiger partial charge is 0.335 e. The number of likely N-dealkylation sites (tertiary alicyclic amines) is 1. The van der Waals surface area contributed by atoms with Gasteiger partial charge in [-0.25, -0.2) is 19.2 Å². The number of benzene rings is 2. The zero-order valence-electron chi connectivity index (χ0n) is 22.3. The van der Waals surface area contributed by atoms with Gasteiger partial charge >= 0.3 is 5.97 Å². The molecule has 6 rings (SSSR count). The highest BCUT2D eigenvalue weighted by molar-refractivity contribution is 6.30. The highest BCUT2D eigenvalue weighted by Crippen LogP contribution is 2.26. The molecule has 0 amide bonds. The van der Waals surface area contributed by atoms with Crippen molar-refractivity contribution in [1.82, 2.24) is 19.4 Å². The molecule has 0 bridgehead atoms. The van der Waals surface area contributed by atoms with Crippen LogP contribution in [-0.2, 0) is 24.4 Å². The van der Waals surface area contributed by atoms with Crippen molar-refractivity contribution in [3.8, 4) is 11.6 Å². The van der Waals surface area contributed by atoms with Gasteiger partial charge in [0.05, 0.1) is 40.8 Å². The number of aromatic carboxylic acids is 1. The largest absolute Gasteiger partial charge is 0.490 e. The van der Waals surface area contributed by atoms with Crippen LogP contribution < -0.4 is 9.47 Å². The predicted octanol–water partition coefficient (Wildman–Crippen LogP) is 5.33. The van der Waals surface area contributed by atoms with E-state index in [-0.39, 0.29) is 35.3 Å². The first-order valence-electron chi connectivity index (χ1n) is 13.7. The number of imidazole rings is 1. The maximum atomic E-state index is 14.0. The molecule has 1 atom stereocenters. The third kappa shape index (κ3) is 6.45. The van der Waals surface area contributed by atoms with E-state index in [1.807, 2.05) is 24.3 Å². The fourth-order valence-corrected chi connectivity index (χ4v) is 5.35. The van der Waals surface area contributed by atoms with Gasteiger partial charge < -0.3 is 23.9 Å². The molecule has 2 aliphatic heterocycles. The number of halogens is 2. The van der Waals surface area contributed by atoms with Crippen molar-refractivity contribution in [3.05, 3.63) is 82.5 Å². The second-order valence-electron chi connectivity index (χ2n) is 10.4. The van der Waals surface area contributed by atoms with Crippen LogP contribution in [0, 0.1) is 5.82 Å². The van der Waals surface area contributed by atoms with Gasteiger partial charge in [0.25, 0.3) is 5.88 Å². The lowest BCUT2D eigenvalue weighted by Gasteiger charge is -2.32. The van der Waals surface area contributed by atoms with Gasteiger partial charge in [0, 0.05) is 25.9 Å². The van der Waals surface area contributed by atoms with Crippen LogP contribution in [0.5, 0.6) is 11.6 Å². The minimum Gasteiger partial charge on any atom is -0.490 e. The van der Waals surface area contributed by atoms with E-state index in [0.717, 1.165) is 67.1 Å². The summed E-state index contributed by atoms with van der Waals surface area (Å²) in [6.07, 6.45) is 4.24. The second-order valence-corrected chi connectivity index (χ2v) is 10.8. The molecule has 0 unspecified atom stereocenters. The molecule has 4 aromatic rings. The van der Waals surface area contributed by atoms with Gasteiger partial charge in [0.2, 0.25) is 0 Å². The van der Waals surface area contributed by atoms with Gasteiger partial charge in [-0.2, -0.15) is 0 Å². The summed E-state index contributed by atoms with van der Waals surface area (Å²) in [6, 6.07) is 13.8. The Morgan fingerprint density at radius 3 is 2.71 bits per heavy atom. The number of fused-ring (bicyclic) bond motifs is 1. The van der Waals surface area contributed by atoms with Crippen molar-refractivity contribution in [2.75, 3.05) is 19.7 Å². The van der Waals surface area contributed by atoms with Gasteiger partial charge in [0.1, 0.15) is 24.3 Å². The monoisotopic (exact) mass is 580 g/mol. The Balaban J connectivity index is 1.06. The number of carboxylic acid groups (broad SMARTS) is 1. The predicted molar refractivity (Wildman–Crippen MR) is 150 cm³/mol. The Kier molecular flexibility index (Phi) is 8.04. The van der Waals surface area contributed by atoms with Gasteiger partial charge in [0.15, 0.2) is 5.82 Å². The fourth-order valence-electron chi connectivity index (χ4n) is 5.21. The van der Waals surface area contributed by atoms with Crippen LogP contribution in [0.1, 0.15) is 41.0 Å². The zero-order valence-corrected chi connectivity index (χ0v) is 23.1. The van der Waals surface area contributed by atoms with Crippen molar-refractivity contribution in [2.24, 2.45) is 0 Å². The van der Waals surface area contributed by atoms with Gasteiger partial charge in [-0.1, -0.05) is 23.7 Å². The lowest BCUT2D eigenvalue weighted by molar-refractivity contribution is -0.0592. The van der Waals surface area contributed by atoms with Crippen molar-refractivity contribution in [2.45, 2.75) is 51.2 Å². The Labute approximate surface area is 241 Å². The third-order valence-electron chi connectivity index (χ3n) is 7.50. The number of carbonyl (C=O) groups is 1. The number of hydrogen-bond donors (Lipinski definition) is 1. The molecule has 2 aliphatic rings. The first-order chi connectivity index (χ1) is 19.9. The molecule has 0 spiro atoms. The lowest BCUT2D eigenvalue weighted by atomic mass is 10.1. The maximum Gasteiger partial charge on any atom is 0.335 e. The first kappa shape index (κ1) is 27.4. The van der Waals surface area contributed by atoms with Gasteiger partial charge in [-0.05, 0) is 61.2 Å². The van der Waals surface area contributed by atoms with Gasteiger partial charge in [-0.15, -0.1) is 0 Å². The highest BCUT2D eigenvalue weighted by atomic mass is 35.5. The van der Waals surface area contributed by atoms with E-state index in [1.165, 1.54) is 12.3 Å². The number of carboxylic acids is 1.